The zero-order chi connectivity index (χ0) is 34.4. The molecule has 8 heteroatoms. The SMILES string of the molecule is CCCCCCCCCOc1cc(C=CC(=O)N2CCN(CC(O)c3ccc(OC)cc3)CC2)cc(OCCCCCCCCC)c1O. The van der Waals surface area contributed by atoms with E-state index in [0.717, 1.165) is 42.6 Å². The minimum absolute atomic E-state index is 0.0253. The van der Waals surface area contributed by atoms with Gasteiger partial charge in [0.15, 0.2) is 11.5 Å². The molecule has 2 aromatic rings. The monoisotopic (exact) mass is 666 g/mol. The summed E-state index contributed by atoms with van der Waals surface area (Å²) in [6.45, 7) is 8.60. The van der Waals surface area contributed by atoms with Gasteiger partial charge in [-0.3, -0.25) is 9.69 Å². The van der Waals surface area contributed by atoms with Crippen molar-refractivity contribution in [1.82, 2.24) is 9.80 Å². The van der Waals surface area contributed by atoms with Crippen LogP contribution < -0.4 is 14.2 Å². The molecule has 0 bridgehead atoms. The van der Waals surface area contributed by atoms with Gasteiger partial charge in [-0.05, 0) is 54.3 Å². The standard InChI is InChI=1S/C40H62N2O6/c1-4-6-8-10-12-14-16-28-47-37-30-33(31-38(40(37)45)48-29-17-15-13-11-9-7-5-2)18-23-39(44)42-26-24-41(25-27-42)32-36(43)34-19-21-35(46-3)22-20-34/h18-23,30-31,36,43,45H,4-17,24-29,32H2,1-3H3. The highest BCUT2D eigenvalue weighted by Crippen LogP contribution is 2.38. The molecule has 0 spiro atoms. The molecule has 8 nitrogen and oxygen atoms in total. The molecular weight excluding hydrogens is 604 g/mol. The molecule has 1 aliphatic rings. The van der Waals surface area contributed by atoms with Gasteiger partial charge in [-0.1, -0.05) is 103 Å². The number of aliphatic hydroxyl groups excluding tert-OH is 1. The molecule has 0 aromatic heterocycles. The van der Waals surface area contributed by atoms with Gasteiger partial charge < -0.3 is 29.3 Å². The van der Waals surface area contributed by atoms with E-state index in [1.807, 2.05) is 29.2 Å². The lowest BCUT2D eigenvalue weighted by Crippen LogP contribution is -2.49. The highest BCUT2D eigenvalue weighted by Gasteiger charge is 2.22. The third kappa shape index (κ3) is 14.5. The van der Waals surface area contributed by atoms with E-state index in [4.69, 9.17) is 14.2 Å². The van der Waals surface area contributed by atoms with Crippen molar-refractivity contribution in [2.75, 3.05) is 53.0 Å². The Balaban J connectivity index is 1.53. The van der Waals surface area contributed by atoms with Crippen LogP contribution in [0.4, 0.5) is 0 Å². The molecule has 268 valence electrons. The van der Waals surface area contributed by atoms with Gasteiger partial charge in [0.2, 0.25) is 11.7 Å². The van der Waals surface area contributed by atoms with Gasteiger partial charge in [0.25, 0.3) is 0 Å². The number of benzene rings is 2. The molecule has 2 aromatic carbocycles. The average Bonchev–Trinajstić information content (AvgIpc) is 3.11. The molecule has 0 saturated carbocycles. The summed E-state index contributed by atoms with van der Waals surface area (Å²) in [6, 6.07) is 11.1. The summed E-state index contributed by atoms with van der Waals surface area (Å²) in [5, 5.41) is 21.7. The highest BCUT2D eigenvalue weighted by molar-refractivity contribution is 5.92. The average molecular weight is 667 g/mol. The number of carbonyl (C=O) groups is 1. The smallest absolute Gasteiger partial charge is 0.246 e. The van der Waals surface area contributed by atoms with Crippen LogP contribution in [-0.4, -0.2) is 79.0 Å². The lowest BCUT2D eigenvalue weighted by atomic mass is 10.1. The van der Waals surface area contributed by atoms with E-state index in [9.17, 15) is 15.0 Å². The number of hydrogen-bond acceptors (Lipinski definition) is 7. The predicted molar refractivity (Wildman–Crippen MR) is 195 cm³/mol. The van der Waals surface area contributed by atoms with Crippen LogP contribution >= 0.6 is 0 Å². The van der Waals surface area contributed by atoms with Crippen molar-refractivity contribution < 1.29 is 29.2 Å². The summed E-state index contributed by atoms with van der Waals surface area (Å²) >= 11 is 0. The Labute approximate surface area is 290 Å². The summed E-state index contributed by atoms with van der Waals surface area (Å²) < 4.78 is 17.3. The van der Waals surface area contributed by atoms with Gasteiger partial charge in [-0.15, -0.1) is 0 Å². The fourth-order valence-corrected chi connectivity index (χ4v) is 6.00. The van der Waals surface area contributed by atoms with Crippen LogP contribution in [0.3, 0.4) is 0 Å². The van der Waals surface area contributed by atoms with Crippen molar-refractivity contribution >= 4 is 12.0 Å². The van der Waals surface area contributed by atoms with Crippen molar-refractivity contribution in [2.45, 2.75) is 110 Å². The molecule has 1 unspecified atom stereocenters. The number of carbonyl (C=O) groups excluding carboxylic acids is 1. The topological polar surface area (TPSA) is 91.7 Å². The molecule has 1 aliphatic heterocycles. The largest absolute Gasteiger partial charge is 0.502 e. The summed E-state index contributed by atoms with van der Waals surface area (Å²) in [6.07, 6.45) is 19.4. The molecule has 48 heavy (non-hydrogen) atoms. The Hall–Kier alpha value is -3.23. The number of unbranched alkanes of at least 4 members (excludes halogenated alkanes) is 12. The van der Waals surface area contributed by atoms with E-state index in [0.29, 0.717) is 57.4 Å². The van der Waals surface area contributed by atoms with Crippen LogP contribution in [-0.2, 0) is 4.79 Å². The number of aliphatic hydroxyl groups is 1. The number of nitrogens with zero attached hydrogens (tertiary/aromatic N) is 2. The number of ether oxygens (including phenoxy) is 3. The Morgan fingerprint density at radius 2 is 1.27 bits per heavy atom. The van der Waals surface area contributed by atoms with Gasteiger partial charge >= 0.3 is 0 Å². The van der Waals surface area contributed by atoms with Crippen LogP contribution in [0.25, 0.3) is 6.08 Å². The zero-order valence-corrected chi connectivity index (χ0v) is 30.0. The number of amides is 1. The minimum atomic E-state index is -0.600. The lowest BCUT2D eigenvalue weighted by Gasteiger charge is -2.35. The Kier molecular flexibility index (Phi) is 18.9. The number of hydrogen-bond donors (Lipinski definition) is 2. The summed E-state index contributed by atoms with van der Waals surface area (Å²) in [4.78, 5) is 17.2. The van der Waals surface area contributed by atoms with Crippen molar-refractivity contribution in [3.8, 4) is 23.0 Å². The molecule has 1 fully saturated rings. The van der Waals surface area contributed by atoms with Gasteiger partial charge in [-0.25, -0.2) is 0 Å². The van der Waals surface area contributed by atoms with Gasteiger partial charge in [0, 0.05) is 38.8 Å². The third-order valence-electron chi connectivity index (χ3n) is 9.11. The van der Waals surface area contributed by atoms with E-state index in [1.165, 1.54) is 64.2 Å². The van der Waals surface area contributed by atoms with Crippen LogP contribution in [0.2, 0.25) is 0 Å². The molecule has 1 amide bonds. The van der Waals surface area contributed by atoms with Gasteiger partial charge in [0.1, 0.15) is 5.75 Å². The van der Waals surface area contributed by atoms with E-state index in [-0.39, 0.29) is 11.7 Å². The molecule has 1 atom stereocenters. The van der Waals surface area contributed by atoms with Crippen LogP contribution in [0.5, 0.6) is 23.0 Å². The predicted octanol–water partition coefficient (Wildman–Crippen LogP) is 8.55. The Morgan fingerprint density at radius 3 is 1.77 bits per heavy atom. The van der Waals surface area contributed by atoms with Crippen LogP contribution in [0, 0.1) is 0 Å². The number of aromatic hydroxyl groups is 1. The van der Waals surface area contributed by atoms with Crippen molar-refractivity contribution in [3.05, 3.63) is 53.6 Å². The molecule has 1 heterocycles. The molecule has 0 radical (unpaired) electrons. The number of methoxy groups -OCH3 is 1. The summed E-state index contributed by atoms with van der Waals surface area (Å²) in [5.41, 5.74) is 1.61. The Morgan fingerprint density at radius 1 is 0.771 bits per heavy atom. The van der Waals surface area contributed by atoms with Gasteiger partial charge in [0.05, 0.1) is 26.4 Å². The Bertz CT molecular complexity index is 1150. The first-order chi connectivity index (χ1) is 23.4. The van der Waals surface area contributed by atoms with Gasteiger partial charge in [-0.2, -0.15) is 0 Å². The van der Waals surface area contributed by atoms with E-state index in [2.05, 4.69) is 18.7 Å². The minimum Gasteiger partial charge on any atom is -0.502 e. The normalized spacial score (nSPS) is 14.4. The molecule has 3 rings (SSSR count). The van der Waals surface area contributed by atoms with Crippen molar-refractivity contribution in [2.24, 2.45) is 0 Å². The van der Waals surface area contributed by atoms with E-state index < -0.39 is 6.10 Å². The van der Waals surface area contributed by atoms with Crippen molar-refractivity contribution in [3.63, 3.8) is 0 Å². The fourth-order valence-electron chi connectivity index (χ4n) is 6.00. The lowest BCUT2D eigenvalue weighted by molar-refractivity contribution is -0.127. The first kappa shape index (κ1) is 39.2. The highest BCUT2D eigenvalue weighted by atomic mass is 16.5. The summed E-state index contributed by atoms with van der Waals surface area (Å²) in [5.74, 6) is 1.52. The number of phenolic OH excluding ortho intramolecular Hbond substituents is 1. The van der Waals surface area contributed by atoms with E-state index >= 15 is 0 Å². The third-order valence-corrected chi connectivity index (χ3v) is 9.11. The first-order valence-electron chi connectivity index (χ1n) is 18.6. The maximum atomic E-state index is 13.1. The second-order valence-electron chi connectivity index (χ2n) is 13.1. The quantitative estimate of drug-likeness (QED) is 0.0857. The zero-order valence-electron chi connectivity index (χ0n) is 30.0. The number of rotatable bonds is 24. The number of phenols is 1. The molecule has 2 N–H and O–H groups in total. The second kappa shape index (κ2) is 23.2. The molecular formula is C40H62N2O6. The maximum absolute atomic E-state index is 13.1. The molecule has 0 aliphatic carbocycles. The van der Waals surface area contributed by atoms with Crippen LogP contribution in [0.15, 0.2) is 42.5 Å². The number of β-amino-alcohol motifs (C(OH)–C–C–N with tert-alkyl or cyclic N) is 1. The van der Waals surface area contributed by atoms with Crippen LogP contribution in [0.1, 0.15) is 121 Å². The molecule has 1 saturated heterocycles. The second-order valence-corrected chi connectivity index (χ2v) is 13.1. The fraction of sp³-hybridized carbons (Fsp3) is 0.625. The summed E-state index contributed by atoms with van der Waals surface area (Å²) in [7, 11) is 1.63. The number of piperazine rings is 1. The first-order valence-corrected chi connectivity index (χ1v) is 18.6. The van der Waals surface area contributed by atoms with E-state index in [1.54, 1.807) is 31.4 Å². The van der Waals surface area contributed by atoms with Crippen molar-refractivity contribution in [1.29, 1.82) is 0 Å². The maximum Gasteiger partial charge on any atom is 0.246 e.